The Morgan fingerprint density at radius 1 is 1.13 bits per heavy atom. The summed E-state index contributed by atoms with van der Waals surface area (Å²) >= 11 is 0. The van der Waals surface area contributed by atoms with Crippen molar-refractivity contribution in [2.45, 2.75) is 25.9 Å². The van der Waals surface area contributed by atoms with Gasteiger partial charge in [0.25, 0.3) is 5.91 Å². The van der Waals surface area contributed by atoms with Crippen LogP contribution in [-0.2, 0) is 6.54 Å². The highest BCUT2D eigenvalue weighted by atomic mass is 19.1. The van der Waals surface area contributed by atoms with Crippen molar-refractivity contribution in [3.63, 3.8) is 0 Å². The average molecular weight is 420 g/mol. The molecule has 1 aliphatic rings. The number of hydrogen-bond donors (Lipinski definition) is 2. The summed E-state index contributed by atoms with van der Waals surface area (Å²) in [6.45, 7) is 4.76. The minimum absolute atomic E-state index is 0.0784. The van der Waals surface area contributed by atoms with Gasteiger partial charge in [0.1, 0.15) is 11.6 Å². The fraction of sp³-hybridized carbons (Fsp3) is 0.292. The lowest BCUT2D eigenvalue weighted by Crippen LogP contribution is -2.49. The number of pyridine rings is 2. The van der Waals surface area contributed by atoms with Gasteiger partial charge in [-0.1, -0.05) is 19.1 Å². The van der Waals surface area contributed by atoms with Gasteiger partial charge in [0.05, 0.1) is 11.3 Å². The average Bonchev–Trinajstić information content (AvgIpc) is 2.77. The predicted molar refractivity (Wildman–Crippen MR) is 118 cm³/mol. The molecule has 3 heterocycles. The summed E-state index contributed by atoms with van der Waals surface area (Å²) in [6.07, 6.45) is 4.29. The molecule has 4 rings (SSSR count). The lowest BCUT2D eigenvalue weighted by molar-refractivity contribution is 0.0860. The Morgan fingerprint density at radius 3 is 2.77 bits per heavy atom. The summed E-state index contributed by atoms with van der Waals surface area (Å²) in [5.74, 6) is 0.184. The molecule has 2 aromatic heterocycles. The highest BCUT2D eigenvalue weighted by Gasteiger charge is 2.28. The van der Waals surface area contributed by atoms with Crippen molar-refractivity contribution in [2.75, 3.05) is 18.4 Å². The van der Waals surface area contributed by atoms with Crippen molar-refractivity contribution in [1.29, 1.82) is 0 Å². The molecule has 2 atom stereocenters. The molecule has 2 unspecified atom stereocenters. The molecule has 7 heteroatoms. The van der Waals surface area contributed by atoms with Crippen LogP contribution in [0.3, 0.4) is 0 Å². The zero-order chi connectivity index (χ0) is 21.6. The standard InChI is InChI=1S/C24H26FN5O/c1-17-15-30(16-20-7-2-3-11-26-20)13-10-22(17)29-24(31)21-9-5-12-27-23(21)28-19-8-4-6-18(25)14-19/h2-9,11-12,14,17,22H,10,13,15-16H2,1H3,(H,27,28)(H,29,31). The number of nitrogens with zero attached hydrogens (tertiary/aromatic N) is 3. The van der Waals surface area contributed by atoms with Crippen LogP contribution in [-0.4, -0.2) is 39.9 Å². The molecule has 1 amide bonds. The number of likely N-dealkylation sites (tertiary alicyclic amines) is 1. The number of benzene rings is 1. The van der Waals surface area contributed by atoms with Crippen LogP contribution in [0.25, 0.3) is 0 Å². The zero-order valence-corrected chi connectivity index (χ0v) is 17.5. The van der Waals surface area contributed by atoms with Crippen molar-refractivity contribution < 1.29 is 9.18 Å². The minimum Gasteiger partial charge on any atom is -0.349 e. The lowest BCUT2D eigenvalue weighted by Gasteiger charge is -2.37. The molecule has 0 radical (unpaired) electrons. The van der Waals surface area contributed by atoms with E-state index in [1.54, 1.807) is 30.5 Å². The minimum atomic E-state index is -0.349. The lowest BCUT2D eigenvalue weighted by atomic mass is 9.93. The summed E-state index contributed by atoms with van der Waals surface area (Å²) in [6, 6.07) is 15.6. The molecule has 3 aromatic rings. The molecule has 2 N–H and O–H groups in total. The van der Waals surface area contributed by atoms with Crippen molar-refractivity contribution in [3.05, 3.63) is 84.1 Å². The first kappa shape index (κ1) is 20.9. The largest absolute Gasteiger partial charge is 0.349 e. The molecule has 1 aromatic carbocycles. The Labute approximate surface area is 181 Å². The van der Waals surface area contributed by atoms with E-state index in [0.717, 1.165) is 31.7 Å². The van der Waals surface area contributed by atoms with Gasteiger partial charge in [-0.3, -0.25) is 14.7 Å². The maximum Gasteiger partial charge on any atom is 0.255 e. The second-order valence-corrected chi connectivity index (χ2v) is 7.94. The molecule has 0 bridgehead atoms. The molecular formula is C24H26FN5O. The third kappa shape index (κ3) is 5.44. The van der Waals surface area contributed by atoms with Crippen LogP contribution in [0.2, 0.25) is 0 Å². The van der Waals surface area contributed by atoms with E-state index in [4.69, 9.17) is 0 Å². The Kier molecular flexibility index (Phi) is 6.52. The van der Waals surface area contributed by atoms with Crippen LogP contribution in [0.1, 0.15) is 29.4 Å². The predicted octanol–water partition coefficient (Wildman–Crippen LogP) is 4.00. The fourth-order valence-electron chi connectivity index (χ4n) is 3.95. The Bertz CT molecular complexity index is 1030. The third-order valence-corrected chi connectivity index (χ3v) is 5.56. The maximum atomic E-state index is 13.5. The van der Waals surface area contributed by atoms with Crippen LogP contribution >= 0.6 is 0 Å². The van der Waals surface area contributed by atoms with Gasteiger partial charge in [-0.05, 0) is 54.8 Å². The summed E-state index contributed by atoms with van der Waals surface area (Å²) in [5, 5.41) is 6.22. The quantitative estimate of drug-likeness (QED) is 0.632. The van der Waals surface area contributed by atoms with Crippen LogP contribution in [0.4, 0.5) is 15.9 Å². The number of nitrogens with one attached hydrogen (secondary N) is 2. The smallest absolute Gasteiger partial charge is 0.255 e. The van der Waals surface area contributed by atoms with Crippen molar-refractivity contribution >= 4 is 17.4 Å². The highest BCUT2D eigenvalue weighted by molar-refractivity contribution is 5.99. The molecule has 1 fully saturated rings. The van der Waals surface area contributed by atoms with Gasteiger partial charge in [-0.25, -0.2) is 9.37 Å². The molecular weight excluding hydrogens is 393 g/mol. The third-order valence-electron chi connectivity index (χ3n) is 5.56. The Hall–Kier alpha value is -3.32. The van der Waals surface area contributed by atoms with Gasteiger partial charge in [-0.15, -0.1) is 0 Å². The summed E-state index contributed by atoms with van der Waals surface area (Å²) in [4.78, 5) is 24.1. The number of amides is 1. The number of halogens is 1. The fourth-order valence-corrected chi connectivity index (χ4v) is 3.95. The molecule has 6 nitrogen and oxygen atoms in total. The van der Waals surface area contributed by atoms with E-state index in [0.29, 0.717) is 23.0 Å². The molecule has 1 aliphatic heterocycles. The van der Waals surface area contributed by atoms with Gasteiger partial charge in [0.2, 0.25) is 0 Å². The van der Waals surface area contributed by atoms with Crippen molar-refractivity contribution in [3.8, 4) is 0 Å². The highest BCUT2D eigenvalue weighted by Crippen LogP contribution is 2.22. The number of rotatable bonds is 6. The monoisotopic (exact) mass is 419 g/mol. The summed E-state index contributed by atoms with van der Waals surface area (Å²) in [7, 11) is 0. The van der Waals surface area contributed by atoms with Gasteiger partial charge in [0, 0.05) is 43.8 Å². The van der Waals surface area contributed by atoms with E-state index in [9.17, 15) is 9.18 Å². The first-order valence-corrected chi connectivity index (χ1v) is 10.5. The van der Waals surface area contributed by atoms with Crippen LogP contribution in [0, 0.1) is 11.7 Å². The van der Waals surface area contributed by atoms with Crippen LogP contribution in [0.15, 0.2) is 67.0 Å². The van der Waals surface area contributed by atoms with Gasteiger partial charge in [-0.2, -0.15) is 0 Å². The molecule has 31 heavy (non-hydrogen) atoms. The van der Waals surface area contributed by atoms with Gasteiger partial charge in [0.15, 0.2) is 0 Å². The number of piperidine rings is 1. The molecule has 0 aliphatic carbocycles. The zero-order valence-electron chi connectivity index (χ0n) is 17.5. The number of aromatic nitrogens is 2. The molecule has 0 spiro atoms. The SMILES string of the molecule is CC1CN(Cc2ccccn2)CCC1NC(=O)c1cccnc1Nc1cccc(F)c1. The van der Waals surface area contributed by atoms with Crippen LogP contribution in [0.5, 0.6) is 0 Å². The van der Waals surface area contributed by atoms with E-state index in [2.05, 4.69) is 32.4 Å². The first-order chi connectivity index (χ1) is 15.1. The topological polar surface area (TPSA) is 70.2 Å². The van der Waals surface area contributed by atoms with Crippen molar-refractivity contribution in [2.24, 2.45) is 5.92 Å². The second-order valence-electron chi connectivity index (χ2n) is 7.94. The Balaban J connectivity index is 1.39. The number of hydrogen-bond acceptors (Lipinski definition) is 5. The molecule has 160 valence electrons. The summed E-state index contributed by atoms with van der Waals surface area (Å²) in [5.41, 5.74) is 2.04. The van der Waals surface area contributed by atoms with Crippen LogP contribution < -0.4 is 10.6 Å². The van der Waals surface area contributed by atoms with Crippen molar-refractivity contribution in [1.82, 2.24) is 20.2 Å². The molecule has 0 saturated carbocycles. The Morgan fingerprint density at radius 2 is 2.00 bits per heavy atom. The first-order valence-electron chi connectivity index (χ1n) is 10.5. The van der Waals surface area contributed by atoms with E-state index >= 15 is 0 Å². The molecule has 1 saturated heterocycles. The second kappa shape index (κ2) is 9.66. The van der Waals surface area contributed by atoms with E-state index in [1.807, 2.05) is 24.4 Å². The number of anilines is 2. The van der Waals surface area contributed by atoms with Gasteiger partial charge < -0.3 is 10.6 Å². The van der Waals surface area contributed by atoms with E-state index in [-0.39, 0.29) is 17.8 Å². The normalized spacial score (nSPS) is 19.0. The summed E-state index contributed by atoms with van der Waals surface area (Å²) < 4.78 is 13.5. The number of carbonyl (C=O) groups is 1. The van der Waals surface area contributed by atoms with Gasteiger partial charge >= 0.3 is 0 Å². The van der Waals surface area contributed by atoms with E-state index < -0.39 is 0 Å². The maximum absolute atomic E-state index is 13.5. The van der Waals surface area contributed by atoms with E-state index in [1.165, 1.54) is 12.1 Å². The number of carbonyl (C=O) groups excluding carboxylic acids is 1.